The lowest BCUT2D eigenvalue weighted by molar-refractivity contribution is -0.185. The van der Waals surface area contributed by atoms with Gasteiger partial charge >= 0.3 is 0 Å². The van der Waals surface area contributed by atoms with Crippen LogP contribution in [0, 0.1) is 0 Å². The Kier molecular flexibility index (Phi) is 4.12. The minimum absolute atomic E-state index is 0.166. The molecule has 3 heterocycles. The van der Waals surface area contributed by atoms with Crippen molar-refractivity contribution in [1.29, 1.82) is 0 Å². The summed E-state index contributed by atoms with van der Waals surface area (Å²) in [4.78, 5) is 28.4. The van der Waals surface area contributed by atoms with Gasteiger partial charge in [0.05, 0.1) is 24.3 Å². The van der Waals surface area contributed by atoms with Gasteiger partial charge in [0.2, 0.25) is 0 Å². The maximum absolute atomic E-state index is 12.3. The summed E-state index contributed by atoms with van der Waals surface area (Å²) in [5.74, 6) is -0.680. The summed E-state index contributed by atoms with van der Waals surface area (Å²) in [6.45, 7) is 4.61. The van der Waals surface area contributed by atoms with Crippen LogP contribution in [-0.2, 0) is 9.47 Å². The van der Waals surface area contributed by atoms with Crippen LogP contribution in [-0.4, -0.2) is 66.8 Å². The molecule has 0 bridgehead atoms. The smallest absolute Gasteiger partial charge is 0.261 e. The van der Waals surface area contributed by atoms with Crippen LogP contribution < -0.4 is 0 Å². The number of carbonyl (C=O) groups excluding carboxylic acids is 2. The highest BCUT2D eigenvalue weighted by Gasteiger charge is 2.40. The normalized spacial score (nSPS) is 23.2. The van der Waals surface area contributed by atoms with Crippen LogP contribution in [0.3, 0.4) is 0 Å². The highest BCUT2D eigenvalue weighted by atomic mass is 16.7. The van der Waals surface area contributed by atoms with Crippen LogP contribution in [0.1, 0.15) is 40.0 Å². The van der Waals surface area contributed by atoms with E-state index in [1.165, 1.54) is 4.90 Å². The molecule has 24 heavy (non-hydrogen) atoms. The minimum atomic E-state index is -0.348. The number of hydrogen-bond acceptors (Lipinski definition) is 5. The summed E-state index contributed by atoms with van der Waals surface area (Å²) >= 11 is 0. The van der Waals surface area contributed by atoms with Crippen molar-refractivity contribution in [2.24, 2.45) is 0 Å². The third kappa shape index (κ3) is 2.75. The van der Waals surface area contributed by atoms with E-state index in [2.05, 4.69) is 4.90 Å². The molecule has 4 rings (SSSR count). The first-order chi connectivity index (χ1) is 11.7. The zero-order chi connectivity index (χ0) is 16.6. The first-order valence-corrected chi connectivity index (χ1v) is 8.64. The van der Waals surface area contributed by atoms with Gasteiger partial charge in [-0.25, -0.2) is 0 Å². The molecule has 2 fully saturated rings. The summed E-state index contributed by atoms with van der Waals surface area (Å²) in [5.41, 5.74) is 1.05. The van der Waals surface area contributed by atoms with Gasteiger partial charge in [-0.1, -0.05) is 12.1 Å². The number of likely N-dealkylation sites (tertiary alicyclic amines) is 1. The highest BCUT2D eigenvalue weighted by Crippen LogP contribution is 2.31. The maximum atomic E-state index is 12.3. The third-order valence-electron chi connectivity index (χ3n) is 5.17. The highest BCUT2D eigenvalue weighted by molar-refractivity contribution is 6.21. The second-order valence-electron chi connectivity index (χ2n) is 6.61. The topological polar surface area (TPSA) is 59.1 Å². The number of hydrogen-bond donors (Lipinski definition) is 0. The number of benzene rings is 1. The molecular formula is C18H22N2O4. The molecule has 1 aromatic rings. The molecule has 1 spiro atoms. The summed E-state index contributed by atoms with van der Waals surface area (Å²) in [7, 11) is 0. The van der Waals surface area contributed by atoms with Gasteiger partial charge in [-0.3, -0.25) is 14.5 Å². The summed E-state index contributed by atoms with van der Waals surface area (Å²) in [6, 6.07) is 7.04. The van der Waals surface area contributed by atoms with Gasteiger partial charge < -0.3 is 14.4 Å². The van der Waals surface area contributed by atoms with Crippen LogP contribution in [0.2, 0.25) is 0 Å². The first kappa shape index (κ1) is 15.7. The Morgan fingerprint density at radius 2 is 1.50 bits per heavy atom. The molecule has 0 aromatic heterocycles. The fourth-order valence-electron chi connectivity index (χ4n) is 3.80. The molecule has 3 aliphatic heterocycles. The number of carbonyl (C=O) groups is 2. The molecule has 0 atom stereocenters. The monoisotopic (exact) mass is 330 g/mol. The number of nitrogens with zero attached hydrogens (tertiary/aromatic N) is 2. The van der Waals surface area contributed by atoms with Crippen LogP contribution in [0.25, 0.3) is 0 Å². The van der Waals surface area contributed by atoms with Gasteiger partial charge in [0, 0.05) is 32.5 Å². The Morgan fingerprint density at radius 3 is 2.08 bits per heavy atom. The van der Waals surface area contributed by atoms with Gasteiger partial charge in [-0.15, -0.1) is 0 Å². The average molecular weight is 330 g/mol. The molecule has 0 radical (unpaired) electrons. The van der Waals surface area contributed by atoms with Crippen LogP contribution in [0.5, 0.6) is 0 Å². The number of amides is 2. The van der Waals surface area contributed by atoms with Gasteiger partial charge in [-0.05, 0) is 25.1 Å². The predicted octanol–water partition coefficient (Wildman–Crippen LogP) is 1.51. The molecular weight excluding hydrogens is 308 g/mol. The molecule has 0 unspecified atom stereocenters. The van der Waals surface area contributed by atoms with Crippen molar-refractivity contribution in [3.05, 3.63) is 35.4 Å². The number of ether oxygens (including phenoxy) is 2. The third-order valence-corrected chi connectivity index (χ3v) is 5.17. The Morgan fingerprint density at radius 1 is 0.917 bits per heavy atom. The van der Waals surface area contributed by atoms with Crippen molar-refractivity contribution in [2.45, 2.75) is 25.0 Å². The van der Waals surface area contributed by atoms with E-state index in [4.69, 9.17) is 9.47 Å². The van der Waals surface area contributed by atoms with Crippen LogP contribution >= 0.6 is 0 Å². The van der Waals surface area contributed by atoms with Crippen molar-refractivity contribution in [3.63, 3.8) is 0 Å². The Bertz CT molecular complexity index is 609. The van der Waals surface area contributed by atoms with E-state index in [1.807, 2.05) is 0 Å². The van der Waals surface area contributed by atoms with E-state index < -0.39 is 0 Å². The molecule has 6 nitrogen and oxygen atoms in total. The van der Waals surface area contributed by atoms with Gasteiger partial charge in [0.25, 0.3) is 11.8 Å². The number of fused-ring (bicyclic) bond motifs is 1. The molecule has 1 aromatic carbocycles. The minimum Gasteiger partial charge on any atom is -0.347 e. The second-order valence-corrected chi connectivity index (χ2v) is 6.61. The lowest BCUT2D eigenvalue weighted by Crippen LogP contribution is -2.45. The zero-order valence-corrected chi connectivity index (χ0v) is 13.7. The number of imide groups is 1. The Hall–Kier alpha value is -1.76. The fourth-order valence-corrected chi connectivity index (χ4v) is 3.80. The van der Waals surface area contributed by atoms with E-state index in [1.54, 1.807) is 24.3 Å². The molecule has 0 saturated carbocycles. The van der Waals surface area contributed by atoms with Gasteiger partial charge in [0.15, 0.2) is 5.79 Å². The summed E-state index contributed by atoms with van der Waals surface area (Å²) in [5, 5.41) is 0. The molecule has 0 aliphatic carbocycles. The molecule has 6 heteroatoms. The summed E-state index contributed by atoms with van der Waals surface area (Å²) < 4.78 is 11.5. The van der Waals surface area contributed by atoms with Crippen molar-refractivity contribution in [2.75, 3.05) is 39.4 Å². The van der Waals surface area contributed by atoms with Crippen LogP contribution in [0.15, 0.2) is 24.3 Å². The fraction of sp³-hybridized carbons (Fsp3) is 0.556. The quantitative estimate of drug-likeness (QED) is 0.783. The van der Waals surface area contributed by atoms with Crippen molar-refractivity contribution in [1.82, 2.24) is 9.80 Å². The Labute approximate surface area is 141 Å². The molecule has 2 saturated heterocycles. The lowest BCUT2D eigenvalue weighted by Gasteiger charge is -2.37. The lowest BCUT2D eigenvalue weighted by atomic mass is 10.0. The van der Waals surface area contributed by atoms with Crippen molar-refractivity contribution in [3.8, 4) is 0 Å². The molecule has 0 N–H and O–H groups in total. The van der Waals surface area contributed by atoms with E-state index >= 15 is 0 Å². The van der Waals surface area contributed by atoms with Gasteiger partial charge in [-0.2, -0.15) is 0 Å². The molecule has 128 valence electrons. The predicted molar refractivity (Wildman–Crippen MR) is 86.7 cm³/mol. The molecule has 3 aliphatic rings. The van der Waals surface area contributed by atoms with Crippen molar-refractivity contribution >= 4 is 11.8 Å². The molecule has 2 amide bonds. The standard InChI is InChI=1S/C18H22N2O4/c21-16-14-4-1-2-5-15(14)17(22)20(16)9-3-8-19-10-6-18(7-11-19)23-12-13-24-18/h1-2,4-5H,3,6-13H2. The van der Waals surface area contributed by atoms with E-state index in [-0.39, 0.29) is 17.6 Å². The van der Waals surface area contributed by atoms with E-state index in [0.29, 0.717) is 30.9 Å². The van der Waals surface area contributed by atoms with Gasteiger partial charge in [0.1, 0.15) is 0 Å². The van der Waals surface area contributed by atoms with Crippen LogP contribution in [0.4, 0.5) is 0 Å². The second kappa shape index (κ2) is 6.27. The Balaban J connectivity index is 1.27. The van der Waals surface area contributed by atoms with Crippen molar-refractivity contribution < 1.29 is 19.1 Å². The SMILES string of the molecule is O=C1c2ccccc2C(=O)N1CCCN1CCC2(CC1)OCCO2. The first-order valence-electron chi connectivity index (χ1n) is 8.64. The average Bonchev–Trinajstić information content (AvgIpc) is 3.16. The largest absolute Gasteiger partial charge is 0.347 e. The number of piperidine rings is 1. The van der Waals surface area contributed by atoms with E-state index in [9.17, 15) is 9.59 Å². The zero-order valence-electron chi connectivity index (χ0n) is 13.7. The maximum Gasteiger partial charge on any atom is 0.261 e. The summed E-state index contributed by atoms with van der Waals surface area (Å²) in [6.07, 6.45) is 2.57. The number of rotatable bonds is 4. The van der Waals surface area contributed by atoms with E-state index in [0.717, 1.165) is 38.9 Å².